The summed E-state index contributed by atoms with van der Waals surface area (Å²) < 4.78 is 24.0. The van der Waals surface area contributed by atoms with E-state index in [-0.39, 0.29) is 19.8 Å². The monoisotopic (exact) mass is 491 g/mol. The highest BCUT2D eigenvalue weighted by molar-refractivity contribution is 5.68. The fraction of sp³-hybridized carbons (Fsp3) is 0.345. The van der Waals surface area contributed by atoms with Crippen LogP contribution in [0.15, 0.2) is 91.0 Å². The standard InChI is InChI=1S/C29H33NO6/c1-33-28-26(34-19-22-11-5-2-6-12-22)17-30(29(32)36-21-24-15-9-4-10-16-24)25(18-31)27(28)35-20-23-13-7-3-8-14-23/h2-16,25-28,31H,17-21H2,1H3/t25-,26-,27-,28-/m1/s1. The zero-order chi connectivity index (χ0) is 25.2. The number of rotatable bonds is 10. The van der Waals surface area contributed by atoms with Crippen LogP contribution >= 0.6 is 0 Å². The Morgan fingerprint density at radius 3 is 1.78 bits per heavy atom. The van der Waals surface area contributed by atoms with E-state index < -0.39 is 30.4 Å². The van der Waals surface area contributed by atoms with Crippen LogP contribution in [0.3, 0.4) is 0 Å². The average Bonchev–Trinajstić information content (AvgIpc) is 2.94. The van der Waals surface area contributed by atoms with Crippen molar-refractivity contribution < 1.29 is 28.8 Å². The minimum absolute atomic E-state index is 0.132. The van der Waals surface area contributed by atoms with Crippen molar-refractivity contribution >= 4 is 6.09 Å². The summed E-state index contributed by atoms with van der Waals surface area (Å²) in [7, 11) is 1.60. The van der Waals surface area contributed by atoms with Crippen LogP contribution in [0.1, 0.15) is 16.7 Å². The summed E-state index contributed by atoms with van der Waals surface area (Å²) in [6.45, 7) is 0.696. The normalized spacial score (nSPS) is 21.8. The second-order valence-electron chi connectivity index (χ2n) is 8.74. The Bertz CT molecular complexity index is 1050. The number of piperidine rings is 1. The second-order valence-corrected chi connectivity index (χ2v) is 8.74. The SMILES string of the molecule is CO[C@H]1[C@H](OCc2ccccc2)[C@@H](CO)N(C(=O)OCc2ccccc2)C[C@H]1OCc1ccccc1. The first-order valence-electron chi connectivity index (χ1n) is 12.1. The van der Waals surface area contributed by atoms with Crippen molar-refractivity contribution in [1.29, 1.82) is 0 Å². The van der Waals surface area contributed by atoms with Gasteiger partial charge in [0, 0.05) is 7.11 Å². The van der Waals surface area contributed by atoms with Crippen molar-refractivity contribution in [3.63, 3.8) is 0 Å². The first kappa shape index (κ1) is 25.9. The molecule has 0 bridgehead atoms. The van der Waals surface area contributed by atoms with Gasteiger partial charge in [0.15, 0.2) is 0 Å². The zero-order valence-electron chi connectivity index (χ0n) is 20.4. The van der Waals surface area contributed by atoms with Crippen LogP contribution in [0.5, 0.6) is 0 Å². The summed E-state index contributed by atoms with van der Waals surface area (Å²) in [4.78, 5) is 14.7. The molecule has 1 fully saturated rings. The van der Waals surface area contributed by atoms with Crippen LogP contribution in [0, 0.1) is 0 Å². The Kier molecular flexibility index (Phi) is 9.47. The molecule has 1 saturated heterocycles. The maximum Gasteiger partial charge on any atom is 0.410 e. The molecule has 1 aliphatic rings. The highest BCUT2D eigenvalue weighted by Crippen LogP contribution is 2.28. The van der Waals surface area contributed by atoms with E-state index >= 15 is 0 Å². The van der Waals surface area contributed by atoms with Crippen LogP contribution < -0.4 is 0 Å². The number of hydrogen-bond acceptors (Lipinski definition) is 6. The lowest BCUT2D eigenvalue weighted by Gasteiger charge is -2.46. The molecule has 1 amide bonds. The predicted molar refractivity (Wildman–Crippen MR) is 135 cm³/mol. The molecule has 36 heavy (non-hydrogen) atoms. The molecule has 3 aromatic carbocycles. The van der Waals surface area contributed by atoms with E-state index in [1.54, 1.807) is 7.11 Å². The van der Waals surface area contributed by atoms with Gasteiger partial charge in [-0.2, -0.15) is 0 Å². The van der Waals surface area contributed by atoms with Gasteiger partial charge in [-0.05, 0) is 16.7 Å². The maximum atomic E-state index is 13.2. The van der Waals surface area contributed by atoms with E-state index in [1.807, 2.05) is 91.0 Å². The Hall–Kier alpha value is -3.23. The molecule has 190 valence electrons. The molecule has 0 aromatic heterocycles. The number of carbonyl (C=O) groups excluding carboxylic acids is 1. The van der Waals surface area contributed by atoms with Gasteiger partial charge in [0.1, 0.15) is 24.9 Å². The number of ether oxygens (including phenoxy) is 4. The van der Waals surface area contributed by atoms with Crippen molar-refractivity contribution in [3.8, 4) is 0 Å². The molecule has 4 rings (SSSR count). The summed E-state index contributed by atoms with van der Waals surface area (Å²) in [5.41, 5.74) is 2.87. The molecule has 3 aromatic rings. The third-order valence-electron chi connectivity index (χ3n) is 6.34. The molecule has 4 atom stereocenters. The molecular formula is C29H33NO6. The molecule has 7 nitrogen and oxygen atoms in total. The van der Waals surface area contributed by atoms with Gasteiger partial charge < -0.3 is 24.1 Å². The molecule has 0 radical (unpaired) electrons. The molecule has 1 N–H and O–H groups in total. The summed E-state index contributed by atoms with van der Waals surface area (Å²) >= 11 is 0. The number of methoxy groups -OCH3 is 1. The minimum Gasteiger partial charge on any atom is -0.445 e. The third kappa shape index (κ3) is 6.71. The van der Waals surface area contributed by atoms with Gasteiger partial charge in [-0.3, -0.25) is 4.90 Å². The Morgan fingerprint density at radius 1 is 0.778 bits per heavy atom. The minimum atomic E-state index is -0.654. The summed E-state index contributed by atoms with van der Waals surface area (Å²) in [6, 6.07) is 28.4. The largest absolute Gasteiger partial charge is 0.445 e. The molecule has 0 spiro atoms. The van der Waals surface area contributed by atoms with Gasteiger partial charge in [0.2, 0.25) is 0 Å². The number of benzene rings is 3. The van der Waals surface area contributed by atoms with Crippen LogP contribution in [-0.4, -0.2) is 60.7 Å². The lowest BCUT2D eigenvalue weighted by atomic mass is 9.93. The molecule has 0 unspecified atom stereocenters. The van der Waals surface area contributed by atoms with Crippen LogP contribution in [0.2, 0.25) is 0 Å². The van der Waals surface area contributed by atoms with Crippen molar-refractivity contribution in [2.45, 2.75) is 44.2 Å². The number of aliphatic hydroxyl groups is 1. The zero-order valence-corrected chi connectivity index (χ0v) is 20.4. The molecule has 1 heterocycles. The number of nitrogens with zero attached hydrogens (tertiary/aromatic N) is 1. The van der Waals surface area contributed by atoms with Crippen LogP contribution in [0.25, 0.3) is 0 Å². The van der Waals surface area contributed by atoms with E-state index in [0.29, 0.717) is 13.2 Å². The number of likely N-dealkylation sites (tertiary alicyclic amines) is 1. The lowest BCUT2D eigenvalue weighted by molar-refractivity contribution is -0.190. The number of amides is 1. The Balaban J connectivity index is 1.53. The summed E-state index contributed by atoms with van der Waals surface area (Å²) in [5.74, 6) is 0. The van der Waals surface area contributed by atoms with E-state index in [2.05, 4.69) is 0 Å². The topological polar surface area (TPSA) is 77.5 Å². The van der Waals surface area contributed by atoms with Gasteiger partial charge in [0.05, 0.1) is 32.4 Å². The summed E-state index contributed by atoms with van der Waals surface area (Å²) in [6.07, 6.45) is -2.14. The maximum absolute atomic E-state index is 13.2. The first-order valence-corrected chi connectivity index (χ1v) is 12.1. The number of hydrogen-bond donors (Lipinski definition) is 1. The third-order valence-corrected chi connectivity index (χ3v) is 6.34. The smallest absolute Gasteiger partial charge is 0.410 e. The van der Waals surface area contributed by atoms with Crippen LogP contribution in [0.4, 0.5) is 4.79 Å². The summed E-state index contributed by atoms with van der Waals surface area (Å²) in [5, 5.41) is 10.3. The number of aliphatic hydroxyl groups excluding tert-OH is 1. The molecule has 0 saturated carbocycles. The number of carbonyl (C=O) groups is 1. The van der Waals surface area contributed by atoms with Gasteiger partial charge >= 0.3 is 6.09 Å². The molecular weight excluding hydrogens is 458 g/mol. The average molecular weight is 492 g/mol. The van der Waals surface area contributed by atoms with Gasteiger partial charge in [-0.15, -0.1) is 0 Å². The lowest BCUT2D eigenvalue weighted by Crippen LogP contribution is -2.65. The molecule has 7 heteroatoms. The highest BCUT2D eigenvalue weighted by Gasteiger charge is 2.47. The molecule has 1 aliphatic heterocycles. The van der Waals surface area contributed by atoms with Crippen molar-refractivity contribution in [1.82, 2.24) is 4.90 Å². The van der Waals surface area contributed by atoms with E-state index in [1.165, 1.54) is 4.90 Å². The van der Waals surface area contributed by atoms with Crippen molar-refractivity contribution in [2.75, 3.05) is 20.3 Å². The predicted octanol–water partition coefficient (Wildman–Crippen LogP) is 4.19. The first-order chi connectivity index (χ1) is 17.7. The van der Waals surface area contributed by atoms with Crippen molar-refractivity contribution in [2.24, 2.45) is 0 Å². The fourth-order valence-electron chi connectivity index (χ4n) is 4.44. The van der Waals surface area contributed by atoms with Gasteiger partial charge in [-0.25, -0.2) is 4.79 Å². The van der Waals surface area contributed by atoms with Gasteiger partial charge in [-0.1, -0.05) is 91.0 Å². The quantitative estimate of drug-likeness (QED) is 0.458. The highest BCUT2D eigenvalue weighted by atomic mass is 16.6. The Morgan fingerprint density at radius 2 is 1.28 bits per heavy atom. The van der Waals surface area contributed by atoms with Crippen molar-refractivity contribution in [3.05, 3.63) is 108 Å². The fourth-order valence-corrected chi connectivity index (χ4v) is 4.44. The van der Waals surface area contributed by atoms with E-state index in [9.17, 15) is 9.90 Å². The molecule has 0 aliphatic carbocycles. The second kappa shape index (κ2) is 13.2. The van der Waals surface area contributed by atoms with E-state index in [4.69, 9.17) is 18.9 Å². The van der Waals surface area contributed by atoms with Gasteiger partial charge in [0.25, 0.3) is 0 Å². The van der Waals surface area contributed by atoms with Crippen LogP contribution in [-0.2, 0) is 38.8 Å². The Labute approximate surface area is 212 Å². The van der Waals surface area contributed by atoms with E-state index in [0.717, 1.165) is 16.7 Å².